The topological polar surface area (TPSA) is 54.6 Å². The average Bonchev–Trinajstić information content (AvgIpc) is 2.91. The van der Waals surface area contributed by atoms with Crippen LogP contribution in [0.2, 0.25) is 0 Å². The highest BCUT2D eigenvalue weighted by molar-refractivity contribution is 9.10. The predicted molar refractivity (Wildman–Crippen MR) is 76.5 cm³/mol. The molecule has 1 aromatic heterocycles. The summed E-state index contributed by atoms with van der Waals surface area (Å²) in [7, 11) is 1.54. The van der Waals surface area contributed by atoms with Gasteiger partial charge >= 0.3 is 0 Å². The second-order valence-electron chi connectivity index (χ2n) is 4.13. The normalized spacial score (nSPS) is 10.6. The summed E-state index contributed by atoms with van der Waals surface area (Å²) < 4.78 is 11.0. The van der Waals surface area contributed by atoms with Gasteiger partial charge in [0.25, 0.3) is 0 Å². The Labute approximate surface area is 120 Å². The minimum atomic E-state index is 0.127. The summed E-state index contributed by atoms with van der Waals surface area (Å²) in [5.41, 5.74) is 1.04. The molecule has 0 aliphatic carbocycles. The number of benzene rings is 1. The smallest absolute Gasteiger partial charge is 0.172 e. The molecule has 4 nitrogen and oxygen atoms in total. The van der Waals surface area contributed by atoms with Crippen LogP contribution in [0.25, 0.3) is 0 Å². The van der Waals surface area contributed by atoms with Crippen LogP contribution in [0.4, 0.5) is 0 Å². The molecular weight excluding hydrogens is 310 g/mol. The second kappa shape index (κ2) is 6.63. The zero-order chi connectivity index (χ0) is 13.7. The molecule has 2 rings (SSSR count). The van der Waals surface area contributed by atoms with E-state index < -0.39 is 0 Å². The molecule has 0 aliphatic rings. The number of hydrogen-bond acceptors (Lipinski definition) is 4. The third-order valence-electron chi connectivity index (χ3n) is 2.77. The highest BCUT2D eigenvalue weighted by Gasteiger charge is 2.08. The number of hydrogen-bond donors (Lipinski definition) is 2. The van der Waals surface area contributed by atoms with Gasteiger partial charge in [-0.2, -0.15) is 0 Å². The Morgan fingerprint density at radius 2 is 2.26 bits per heavy atom. The molecule has 5 heteroatoms. The van der Waals surface area contributed by atoms with Gasteiger partial charge in [-0.1, -0.05) is 0 Å². The van der Waals surface area contributed by atoms with E-state index in [0.29, 0.717) is 16.8 Å². The minimum Gasteiger partial charge on any atom is -0.503 e. The minimum absolute atomic E-state index is 0.127. The largest absolute Gasteiger partial charge is 0.503 e. The molecule has 0 fully saturated rings. The lowest BCUT2D eigenvalue weighted by atomic mass is 10.2. The van der Waals surface area contributed by atoms with E-state index >= 15 is 0 Å². The van der Waals surface area contributed by atoms with Crippen molar-refractivity contribution < 1.29 is 14.3 Å². The van der Waals surface area contributed by atoms with Gasteiger partial charge in [-0.05, 0) is 45.8 Å². The quantitative estimate of drug-likeness (QED) is 0.801. The molecule has 2 N–H and O–H groups in total. The van der Waals surface area contributed by atoms with Crippen LogP contribution in [-0.4, -0.2) is 18.8 Å². The van der Waals surface area contributed by atoms with Crippen molar-refractivity contribution in [1.29, 1.82) is 0 Å². The van der Waals surface area contributed by atoms with Crippen molar-refractivity contribution >= 4 is 15.9 Å². The van der Waals surface area contributed by atoms with Crippen LogP contribution in [0.15, 0.2) is 39.4 Å². The second-order valence-corrected chi connectivity index (χ2v) is 4.99. The Morgan fingerprint density at radius 1 is 1.42 bits per heavy atom. The molecule has 0 radical (unpaired) electrons. The predicted octanol–water partition coefficient (Wildman–Crippen LogP) is 3.09. The van der Waals surface area contributed by atoms with Crippen LogP contribution in [0.1, 0.15) is 11.3 Å². The highest BCUT2D eigenvalue weighted by atomic mass is 79.9. The molecule has 0 bridgehead atoms. The molecule has 0 aliphatic heterocycles. The number of halogens is 1. The van der Waals surface area contributed by atoms with E-state index in [0.717, 1.165) is 24.3 Å². The van der Waals surface area contributed by atoms with Crippen LogP contribution in [0.3, 0.4) is 0 Å². The van der Waals surface area contributed by atoms with Crippen molar-refractivity contribution in [1.82, 2.24) is 5.32 Å². The van der Waals surface area contributed by atoms with Crippen molar-refractivity contribution in [3.63, 3.8) is 0 Å². The fourth-order valence-corrected chi connectivity index (χ4v) is 2.27. The van der Waals surface area contributed by atoms with Gasteiger partial charge in [0.05, 0.1) is 17.8 Å². The van der Waals surface area contributed by atoms with Gasteiger partial charge in [0, 0.05) is 19.5 Å². The number of phenolic OH excluding ortho intramolecular Hbond substituents is 1. The van der Waals surface area contributed by atoms with Gasteiger partial charge in [0.2, 0.25) is 0 Å². The first-order valence-corrected chi connectivity index (χ1v) is 6.78. The van der Waals surface area contributed by atoms with E-state index in [4.69, 9.17) is 9.15 Å². The number of ether oxygens (including phenoxy) is 1. The molecule has 1 heterocycles. The molecule has 2 aromatic rings. The van der Waals surface area contributed by atoms with Gasteiger partial charge in [0.1, 0.15) is 5.76 Å². The molecule has 1 aromatic carbocycles. The number of nitrogens with one attached hydrogen (secondary N) is 1. The number of phenols is 1. The molecular formula is C14H16BrNO3. The zero-order valence-corrected chi connectivity index (χ0v) is 12.2. The number of aromatic hydroxyl groups is 1. The summed E-state index contributed by atoms with van der Waals surface area (Å²) in [6.07, 6.45) is 2.53. The Bertz CT molecular complexity index is 526. The van der Waals surface area contributed by atoms with E-state index in [1.54, 1.807) is 6.26 Å². The maximum atomic E-state index is 9.71. The van der Waals surface area contributed by atoms with Crippen LogP contribution >= 0.6 is 15.9 Å². The molecule has 0 saturated heterocycles. The summed E-state index contributed by atoms with van der Waals surface area (Å²) in [6.45, 7) is 1.53. The lowest BCUT2D eigenvalue weighted by Gasteiger charge is -2.09. The summed E-state index contributed by atoms with van der Waals surface area (Å²) in [4.78, 5) is 0. The standard InChI is InChI=1S/C14H16BrNO3/c1-18-13-8-10(7-12(15)14(13)17)9-16-5-4-11-3-2-6-19-11/h2-3,6-8,16-17H,4-5,9H2,1H3. The number of methoxy groups -OCH3 is 1. The fourth-order valence-electron chi connectivity index (χ4n) is 1.78. The summed E-state index contributed by atoms with van der Waals surface area (Å²) in [5.74, 6) is 1.57. The Hall–Kier alpha value is -1.46. The highest BCUT2D eigenvalue weighted by Crippen LogP contribution is 2.35. The monoisotopic (exact) mass is 325 g/mol. The van der Waals surface area contributed by atoms with Gasteiger partial charge in [-0.25, -0.2) is 0 Å². The van der Waals surface area contributed by atoms with Crippen LogP contribution in [0, 0.1) is 0 Å². The van der Waals surface area contributed by atoms with E-state index in [1.807, 2.05) is 24.3 Å². The van der Waals surface area contributed by atoms with Crippen molar-refractivity contribution in [2.75, 3.05) is 13.7 Å². The first-order valence-electron chi connectivity index (χ1n) is 5.99. The van der Waals surface area contributed by atoms with Crippen molar-refractivity contribution in [3.05, 3.63) is 46.3 Å². The van der Waals surface area contributed by atoms with E-state index in [9.17, 15) is 5.11 Å². The molecule has 19 heavy (non-hydrogen) atoms. The number of rotatable bonds is 6. The van der Waals surface area contributed by atoms with Gasteiger partial charge in [-0.3, -0.25) is 0 Å². The Balaban J connectivity index is 1.87. The van der Waals surface area contributed by atoms with Crippen molar-refractivity contribution in [3.8, 4) is 11.5 Å². The fraction of sp³-hybridized carbons (Fsp3) is 0.286. The first-order chi connectivity index (χ1) is 9.20. The summed E-state index contributed by atoms with van der Waals surface area (Å²) >= 11 is 3.31. The van der Waals surface area contributed by atoms with Gasteiger partial charge in [0.15, 0.2) is 11.5 Å². The van der Waals surface area contributed by atoms with Gasteiger partial charge in [-0.15, -0.1) is 0 Å². The Morgan fingerprint density at radius 3 is 2.95 bits per heavy atom. The zero-order valence-electron chi connectivity index (χ0n) is 10.6. The number of furan rings is 1. The van der Waals surface area contributed by atoms with E-state index in [1.165, 1.54) is 7.11 Å². The van der Waals surface area contributed by atoms with E-state index in [2.05, 4.69) is 21.2 Å². The molecule has 0 spiro atoms. The van der Waals surface area contributed by atoms with Crippen molar-refractivity contribution in [2.45, 2.75) is 13.0 Å². The lowest BCUT2D eigenvalue weighted by Crippen LogP contribution is -2.16. The molecule has 102 valence electrons. The lowest BCUT2D eigenvalue weighted by molar-refractivity contribution is 0.371. The van der Waals surface area contributed by atoms with Crippen LogP contribution < -0.4 is 10.1 Å². The average molecular weight is 326 g/mol. The SMILES string of the molecule is COc1cc(CNCCc2ccco2)cc(Br)c1O. The van der Waals surface area contributed by atoms with Crippen LogP contribution in [-0.2, 0) is 13.0 Å². The van der Waals surface area contributed by atoms with Gasteiger partial charge < -0.3 is 19.6 Å². The molecule has 0 amide bonds. The maximum absolute atomic E-state index is 9.71. The van der Waals surface area contributed by atoms with E-state index in [-0.39, 0.29) is 5.75 Å². The van der Waals surface area contributed by atoms with Crippen molar-refractivity contribution in [2.24, 2.45) is 0 Å². The molecule has 0 saturated carbocycles. The van der Waals surface area contributed by atoms with Crippen LogP contribution in [0.5, 0.6) is 11.5 Å². The molecule has 0 atom stereocenters. The Kier molecular flexibility index (Phi) is 4.87. The molecule has 0 unspecified atom stereocenters. The maximum Gasteiger partial charge on any atom is 0.172 e. The summed E-state index contributed by atoms with van der Waals surface area (Å²) in [6, 6.07) is 7.54. The third kappa shape index (κ3) is 3.75. The summed E-state index contributed by atoms with van der Waals surface area (Å²) in [5, 5.41) is 13.0. The first kappa shape index (κ1) is 14.0. The third-order valence-corrected chi connectivity index (χ3v) is 3.37.